The first kappa shape index (κ1) is 117. The normalized spacial score (nSPS) is 17.9. The molecule has 8 rings (SSSR count). The molecule has 4 aliphatic rings. The molecule has 0 saturated carbocycles. The Kier molecular flexibility index (Phi) is 65.3. The number of thioether (sulfide) groups is 4. The van der Waals surface area contributed by atoms with E-state index in [1.165, 1.54) is 47.0 Å². The van der Waals surface area contributed by atoms with Crippen LogP contribution in [0.5, 0.6) is 46.0 Å². The second-order valence-electron chi connectivity index (χ2n) is 22.2. The Bertz CT molecular complexity index is 3330. The molecule has 4 aromatic carbocycles. The van der Waals surface area contributed by atoms with Crippen LogP contribution < -0.4 is 99.9 Å². The third-order valence-corrected chi connectivity index (χ3v) is 19.3. The van der Waals surface area contributed by atoms with Gasteiger partial charge in [-0.3, -0.25) is 20.0 Å². The topological polar surface area (TPSA) is 583 Å². The molecule has 0 spiro atoms. The van der Waals surface area contributed by atoms with Gasteiger partial charge in [-0.15, -0.1) is 47.0 Å². The molecule has 4 aromatic rings. The number of aliphatic carboxylic acids is 4. The van der Waals surface area contributed by atoms with Crippen LogP contribution in [0.1, 0.15) is 49.9 Å². The van der Waals surface area contributed by atoms with Crippen LogP contribution in [-0.4, -0.2) is 333 Å². The summed E-state index contributed by atoms with van der Waals surface area (Å²) in [6.07, 6.45) is 0. The molecule has 4 heterocycles. The van der Waals surface area contributed by atoms with E-state index in [0.29, 0.717) is 188 Å². The number of rotatable bonds is 39. The van der Waals surface area contributed by atoms with Crippen molar-refractivity contribution in [2.24, 2.45) is 20.0 Å². The maximum absolute atomic E-state index is 11.3. The van der Waals surface area contributed by atoms with Crippen molar-refractivity contribution < 1.29 is 255 Å². The van der Waals surface area contributed by atoms with Crippen molar-refractivity contribution in [3.05, 3.63) is 95.1 Å². The van der Waals surface area contributed by atoms with Gasteiger partial charge in [-0.25, -0.2) is 19.2 Å². The van der Waals surface area contributed by atoms with Crippen LogP contribution in [0, 0.1) is 0 Å². The number of phenols is 4. The number of hydrogen-bond donors (Lipinski definition) is 8. The van der Waals surface area contributed by atoms with Gasteiger partial charge in [0.2, 0.25) is 0 Å². The molecule has 0 fully saturated rings. The Morgan fingerprint density at radius 2 is 0.514 bits per heavy atom. The summed E-state index contributed by atoms with van der Waals surface area (Å²) in [5, 5.41) is 80.5. The van der Waals surface area contributed by atoms with Crippen molar-refractivity contribution in [2.45, 2.75) is 49.9 Å². The molecule has 0 radical (unpaired) electrons. The summed E-state index contributed by atoms with van der Waals surface area (Å²) in [5.74, 6) is -1.55. The summed E-state index contributed by atoms with van der Waals surface area (Å²) >= 11 is 5.22. The van der Waals surface area contributed by atoms with E-state index in [4.69, 9.17) is 61.6 Å². The third-order valence-electron chi connectivity index (χ3n) is 14.2. The number of aromatic hydroxyl groups is 4. The van der Waals surface area contributed by atoms with Crippen LogP contribution in [0.25, 0.3) is 0 Å². The Labute approximate surface area is 742 Å². The number of methoxy groups -OCH3 is 4. The fraction of sp³-hybridized carbons (Fsp3) is 0.515. The smallest absolute Gasteiger partial charge is 0.870 e. The second kappa shape index (κ2) is 61.1. The zero-order valence-corrected chi connectivity index (χ0v) is 75.4. The molecule has 596 valence electrons. The third kappa shape index (κ3) is 37.4. The fourth-order valence-electron chi connectivity index (χ4n) is 8.27. The summed E-state index contributed by atoms with van der Waals surface area (Å²) in [4.78, 5) is 62.1. The van der Waals surface area contributed by atoms with E-state index in [0.717, 1.165) is 0 Å². The Morgan fingerprint density at radius 1 is 0.349 bits per heavy atom. The molecule has 43 heteroatoms. The molecule has 4 atom stereocenters. The molecule has 0 unspecified atom stereocenters. The molecule has 0 aliphatic carbocycles. The fourth-order valence-corrected chi connectivity index (χ4v) is 13.0. The van der Waals surface area contributed by atoms with Crippen molar-refractivity contribution in [1.82, 2.24) is 0 Å². The average molecular weight is 1720 g/mol. The van der Waals surface area contributed by atoms with Crippen molar-refractivity contribution in [3.63, 3.8) is 0 Å². The minimum Gasteiger partial charge on any atom is -0.870 e. The van der Waals surface area contributed by atoms with E-state index in [2.05, 4.69) is 20.0 Å². The summed E-state index contributed by atoms with van der Waals surface area (Å²) in [6, 6.07) is 20.3. The van der Waals surface area contributed by atoms with Crippen molar-refractivity contribution >= 4 is 114 Å². The molecule has 0 bridgehead atoms. The van der Waals surface area contributed by atoms with Gasteiger partial charge in [-0.2, -0.15) is 0 Å². The van der Waals surface area contributed by atoms with E-state index >= 15 is 0 Å². The second-order valence-corrected chi connectivity index (χ2v) is 26.0. The minimum atomic E-state index is -1.18. The first-order valence-electron chi connectivity index (χ1n) is 30.9. The van der Waals surface area contributed by atoms with Crippen molar-refractivity contribution in [1.29, 1.82) is 0 Å². The monoisotopic (exact) mass is 1720 g/mol. The van der Waals surface area contributed by atoms with Crippen LogP contribution in [0.2, 0.25) is 0 Å². The molecular weight excluding hydrogens is 1620 g/mol. The van der Waals surface area contributed by atoms with E-state index in [1.807, 2.05) is 0 Å². The molecule has 4 aliphatic heterocycles. The number of aliphatic imine (C=N–C) groups is 4. The number of carboxylic acid groups (broad SMARTS) is 4. The summed E-state index contributed by atoms with van der Waals surface area (Å²) in [6.45, 7) is 13.9. The van der Waals surface area contributed by atoms with E-state index in [-0.39, 0.29) is 199 Å². The number of phenolic OH excluding ortho intramolecular Hbond substituents is 4. The van der Waals surface area contributed by atoms with Crippen molar-refractivity contribution in [3.8, 4) is 46.0 Å². The SMILES string of the molecule is COCCOCCOCCOc1cccc(C2=N[C@@](C)(C(=O)O)CS2)c1O.COCCOCCOCCOc1cccc(C2=N[C@@](C)(C(=O)O)CS2)c1O.COCCOCCOc1cccc(C2=N[C@@](C)(C(=O)O)CS2)c1O.COCCOc1cccc(C2=N[C@@](C)(C(=O)O)CS2)c1O.O.O.[K+].[Mg+2].[Na+].[OH-].[OH-].[OH-].[OH-].[Zn]. The summed E-state index contributed by atoms with van der Waals surface area (Å²) in [5.41, 5.74) is -2.78. The predicted molar refractivity (Wildman–Crippen MR) is 397 cm³/mol. The van der Waals surface area contributed by atoms with E-state index in [1.54, 1.807) is 129 Å². The Balaban J connectivity index is -0.000000316. The number of benzene rings is 4. The number of nitrogens with zero attached hydrogens (tertiary/aromatic N) is 4. The number of carbonyl (C=O) groups is 4. The van der Waals surface area contributed by atoms with Crippen LogP contribution in [0.4, 0.5) is 0 Å². The molecule has 35 nitrogen and oxygen atoms in total. The zero-order chi connectivity index (χ0) is 72.4. The summed E-state index contributed by atoms with van der Waals surface area (Å²) in [7, 11) is 6.40. The molecule has 0 saturated heterocycles. The van der Waals surface area contributed by atoms with E-state index in [9.17, 15) is 60.0 Å². The molecule has 109 heavy (non-hydrogen) atoms. The van der Waals surface area contributed by atoms with Crippen LogP contribution in [0.15, 0.2) is 92.8 Å². The number of ether oxygens (including phenoxy) is 13. The largest absolute Gasteiger partial charge is 2.00 e. The Hall–Kier alpha value is -3.33. The van der Waals surface area contributed by atoms with Gasteiger partial charge in [-0.05, 0) is 76.2 Å². The number of hydrogen-bond acceptors (Lipinski definition) is 33. The minimum absolute atomic E-state index is 0. The maximum Gasteiger partial charge on any atom is 2.00 e. The van der Waals surface area contributed by atoms with E-state index < -0.39 is 46.0 Å². The standard InChI is InChI=1S/2C18H25NO7S.C16H21NO6S.C14H17NO5S.K.Mg.Na.6H2O.Zn/c2*1-18(17(21)22)12-27-16(19-18)13-4-3-5-14(15(13)20)26-11-10-25-9-8-24-7-6-23-2;1-16(15(19)20)10-24-14(17-16)11-4-3-5-12(13(11)18)23-9-8-22-7-6-21-2;1-14(13(17)18)8-21-12(15-14)9-4-3-5-10(11(9)16)20-7-6-19-2;;;;;;;;;;/h2*3-5,20H,6-12H2,1-2H3,(H,21,22);3-5,18H,6-10H2,1-2H3,(H,19,20);3-5,16H,6-8H2,1-2H3,(H,17,18);;;;6*1H2;/q;;;;+1;+2;+1;;;;;;;/p-4/t2*18-;16-;14-;;;;;;;;;;/m1111........../s1. The molecule has 0 aromatic heterocycles. The van der Waals surface area contributed by atoms with Gasteiger partial charge in [0.1, 0.15) is 46.6 Å². The van der Waals surface area contributed by atoms with Gasteiger partial charge in [0.15, 0.2) is 68.2 Å². The predicted octanol–water partition coefficient (Wildman–Crippen LogP) is -1.63. The summed E-state index contributed by atoms with van der Waals surface area (Å²) < 4.78 is 68.2. The molecular formula is C66H96KMgN4NaO31S4Zn. The van der Waals surface area contributed by atoms with Gasteiger partial charge in [0.05, 0.1) is 115 Å². The van der Waals surface area contributed by atoms with Crippen LogP contribution in [-0.2, 0) is 81.3 Å². The first-order valence-corrected chi connectivity index (χ1v) is 34.8. The van der Waals surface area contributed by atoms with Gasteiger partial charge in [0, 0.05) is 70.9 Å². The molecule has 16 N–H and O–H groups in total. The van der Waals surface area contributed by atoms with Crippen LogP contribution >= 0.6 is 47.0 Å². The Morgan fingerprint density at radius 3 is 0.688 bits per heavy atom. The average Bonchev–Trinajstić information content (AvgIpc) is 1.70. The maximum atomic E-state index is 11.3. The number of para-hydroxylation sites is 4. The van der Waals surface area contributed by atoms with Gasteiger partial charge in [-0.1, -0.05) is 24.3 Å². The quantitative estimate of drug-likeness (QED) is 0.0184. The van der Waals surface area contributed by atoms with Crippen LogP contribution in [0.3, 0.4) is 0 Å². The first-order chi connectivity index (χ1) is 47.4. The number of carboxylic acids is 4. The van der Waals surface area contributed by atoms with Gasteiger partial charge >= 0.3 is 128 Å². The van der Waals surface area contributed by atoms with Gasteiger partial charge in [0.25, 0.3) is 0 Å². The van der Waals surface area contributed by atoms with Gasteiger partial charge < -0.3 is 135 Å². The molecule has 0 amide bonds. The zero-order valence-electron chi connectivity index (χ0n) is 62.6. The van der Waals surface area contributed by atoms with Crippen molar-refractivity contribution in [2.75, 3.05) is 170 Å².